The van der Waals surface area contributed by atoms with Gasteiger partial charge in [-0.15, -0.1) is 0 Å². The molecule has 2 aromatic heterocycles. The number of nitrogens with zero attached hydrogens (tertiary/aromatic N) is 3. The predicted molar refractivity (Wildman–Crippen MR) is 69.2 cm³/mol. The van der Waals surface area contributed by atoms with Crippen molar-refractivity contribution < 1.29 is 14.9 Å². The number of aromatic nitrogens is 3. The molecule has 0 bridgehead atoms. The minimum atomic E-state index is -0.722. The number of ether oxygens (including phenoxy) is 1. The highest BCUT2D eigenvalue weighted by molar-refractivity contribution is 6.36. The van der Waals surface area contributed by atoms with Crippen molar-refractivity contribution in [3.8, 4) is 0 Å². The molecule has 1 fully saturated rings. The van der Waals surface area contributed by atoms with Gasteiger partial charge in [-0.2, -0.15) is 0 Å². The fourth-order valence-electron chi connectivity index (χ4n) is 2.26. The van der Waals surface area contributed by atoms with E-state index in [1.54, 1.807) is 10.6 Å². The quantitative estimate of drug-likeness (QED) is 0.819. The SMILES string of the molecule is OC[C@@H]1C[C@H](O)[C@@H](n2cnc3c(Cl)nc(Cl)cc32)O1. The van der Waals surface area contributed by atoms with Crippen LogP contribution in [0.3, 0.4) is 0 Å². The summed E-state index contributed by atoms with van der Waals surface area (Å²) < 4.78 is 7.22. The van der Waals surface area contributed by atoms with Gasteiger partial charge in [0.15, 0.2) is 11.4 Å². The molecule has 8 heteroatoms. The maximum absolute atomic E-state index is 9.99. The second-order valence-corrected chi connectivity index (χ2v) is 5.13. The molecule has 3 heterocycles. The summed E-state index contributed by atoms with van der Waals surface area (Å²) in [4.78, 5) is 8.05. The number of imidazole rings is 1. The summed E-state index contributed by atoms with van der Waals surface area (Å²) in [5, 5.41) is 19.5. The Hall–Kier alpha value is -0.920. The van der Waals surface area contributed by atoms with Gasteiger partial charge >= 0.3 is 0 Å². The van der Waals surface area contributed by atoms with E-state index in [1.807, 2.05) is 0 Å². The highest BCUT2D eigenvalue weighted by Crippen LogP contribution is 2.33. The van der Waals surface area contributed by atoms with E-state index in [9.17, 15) is 5.11 Å². The predicted octanol–water partition coefficient (Wildman–Crippen LogP) is 1.38. The molecule has 0 unspecified atom stereocenters. The number of rotatable bonds is 2. The fraction of sp³-hybridized carbons (Fsp3) is 0.455. The van der Waals surface area contributed by atoms with Crippen LogP contribution in [-0.2, 0) is 4.74 Å². The van der Waals surface area contributed by atoms with Crippen LogP contribution in [0.25, 0.3) is 11.0 Å². The molecule has 1 aliphatic rings. The van der Waals surface area contributed by atoms with Crippen molar-refractivity contribution in [3.63, 3.8) is 0 Å². The van der Waals surface area contributed by atoms with E-state index in [-0.39, 0.29) is 23.0 Å². The molecule has 3 atom stereocenters. The summed E-state index contributed by atoms with van der Waals surface area (Å²) in [7, 11) is 0. The van der Waals surface area contributed by atoms with E-state index in [0.717, 1.165) is 0 Å². The van der Waals surface area contributed by atoms with E-state index < -0.39 is 12.3 Å². The molecule has 0 spiro atoms. The largest absolute Gasteiger partial charge is 0.394 e. The zero-order chi connectivity index (χ0) is 13.6. The molecule has 0 aliphatic carbocycles. The number of hydrogen-bond acceptors (Lipinski definition) is 5. The number of halogens is 2. The minimum Gasteiger partial charge on any atom is -0.394 e. The van der Waals surface area contributed by atoms with Crippen LogP contribution in [0.1, 0.15) is 12.6 Å². The summed E-state index contributed by atoms with van der Waals surface area (Å²) in [6.07, 6.45) is 0.164. The smallest absolute Gasteiger partial charge is 0.161 e. The van der Waals surface area contributed by atoms with Gasteiger partial charge in [-0.05, 0) is 0 Å². The Labute approximate surface area is 118 Å². The van der Waals surface area contributed by atoms with Crippen LogP contribution in [0.15, 0.2) is 12.4 Å². The lowest BCUT2D eigenvalue weighted by Gasteiger charge is -2.17. The van der Waals surface area contributed by atoms with Gasteiger partial charge in [0.25, 0.3) is 0 Å². The standard InChI is InChI=1S/C11H11Cl2N3O3/c12-8-2-6-9(10(13)15-8)14-4-16(6)11-7(18)1-5(3-17)19-11/h2,4-5,7,11,17-18H,1,3H2/t5-,7-,11-/m0/s1. The average molecular weight is 304 g/mol. The molecule has 102 valence electrons. The number of fused-ring (bicyclic) bond motifs is 1. The van der Waals surface area contributed by atoms with Gasteiger partial charge in [0, 0.05) is 12.5 Å². The van der Waals surface area contributed by atoms with Crippen LogP contribution in [0.5, 0.6) is 0 Å². The molecule has 1 aliphatic heterocycles. The Bertz CT molecular complexity index is 618. The van der Waals surface area contributed by atoms with Gasteiger partial charge in [0.1, 0.15) is 16.8 Å². The molecule has 0 saturated carbocycles. The van der Waals surface area contributed by atoms with Gasteiger partial charge in [-0.25, -0.2) is 9.97 Å². The molecule has 2 N–H and O–H groups in total. The number of aliphatic hydroxyl groups excluding tert-OH is 2. The van der Waals surface area contributed by atoms with Crippen molar-refractivity contribution in [2.24, 2.45) is 0 Å². The normalized spacial score (nSPS) is 27.3. The van der Waals surface area contributed by atoms with Gasteiger partial charge < -0.3 is 19.5 Å². The summed E-state index contributed by atoms with van der Waals surface area (Å²) in [6.45, 7) is -0.136. The molecule has 1 saturated heterocycles. The fourth-order valence-corrected chi connectivity index (χ4v) is 2.73. The van der Waals surface area contributed by atoms with Crippen molar-refractivity contribution in [1.29, 1.82) is 0 Å². The third-order valence-electron chi connectivity index (χ3n) is 3.13. The molecular formula is C11H11Cl2N3O3. The molecule has 2 aromatic rings. The van der Waals surface area contributed by atoms with Crippen LogP contribution in [0, 0.1) is 0 Å². The highest BCUT2D eigenvalue weighted by atomic mass is 35.5. The summed E-state index contributed by atoms with van der Waals surface area (Å²) in [5.41, 5.74) is 1.13. The van der Waals surface area contributed by atoms with E-state index >= 15 is 0 Å². The monoisotopic (exact) mass is 303 g/mol. The Balaban J connectivity index is 2.06. The van der Waals surface area contributed by atoms with E-state index in [0.29, 0.717) is 17.5 Å². The lowest BCUT2D eigenvalue weighted by Crippen LogP contribution is -2.18. The van der Waals surface area contributed by atoms with Crippen molar-refractivity contribution in [2.75, 3.05) is 6.61 Å². The lowest BCUT2D eigenvalue weighted by atomic mass is 10.2. The molecular weight excluding hydrogens is 293 g/mol. The third-order valence-corrected chi connectivity index (χ3v) is 3.59. The molecule has 0 amide bonds. The number of aliphatic hydroxyl groups is 2. The van der Waals surface area contributed by atoms with Crippen LogP contribution in [0.4, 0.5) is 0 Å². The molecule has 0 aromatic carbocycles. The topological polar surface area (TPSA) is 80.4 Å². The van der Waals surface area contributed by atoms with E-state index in [1.165, 1.54) is 6.33 Å². The van der Waals surface area contributed by atoms with Crippen LogP contribution in [-0.4, -0.2) is 43.6 Å². The second kappa shape index (κ2) is 4.88. The first-order valence-electron chi connectivity index (χ1n) is 5.73. The Kier molecular flexibility index (Phi) is 3.36. The lowest BCUT2D eigenvalue weighted by molar-refractivity contribution is -0.0484. The zero-order valence-electron chi connectivity index (χ0n) is 9.70. The Morgan fingerprint density at radius 2 is 2.26 bits per heavy atom. The number of pyridine rings is 1. The minimum absolute atomic E-state index is 0.136. The zero-order valence-corrected chi connectivity index (χ0v) is 11.2. The first-order valence-corrected chi connectivity index (χ1v) is 6.48. The van der Waals surface area contributed by atoms with Gasteiger partial charge in [-0.3, -0.25) is 0 Å². The van der Waals surface area contributed by atoms with Crippen molar-refractivity contribution in [2.45, 2.75) is 24.9 Å². The maximum Gasteiger partial charge on any atom is 0.161 e. The molecule has 0 radical (unpaired) electrons. The summed E-state index contributed by atoms with van der Waals surface area (Å²) in [6, 6.07) is 1.61. The Morgan fingerprint density at radius 1 is 1.47 bits per heavy atom. The van der Waals surface area contributed by atoms with Crippen LogP contribution >= 0.6 is 23.2 Å². The maximum atomic E-state index is 9.99. The highest BCUT2D eigenvalue weighted by Gasteiger charge is 2.35. The molecule has 3 rings (SSSR count). The summed E-state index contributed by atoms with van der Waals surface area (Å²) >= 11 is 11.8. The van der Waals surface area contributed by atoms with Crippen LogP contribution in [0.2, 0.25) is 10.3 Å². The second-order valence-electron chi connectivity index (χ2n) is 4.39. The first-order chi connectivity index (χ1) is 9.10. The molecule has 6 nitrogen and oxygen atoms in total. The van der Waals surface area contributed by atoms with Crippen molar-refractivity contribution in [1.82, 2.24) is 14.5 Å². The van der Waals surface area contributed by atoms with Gasteiger partial charge in [0.05, 0.1) is 24.6 Å². The summed E-state index contributed by atoms with van der Waals surface area (Å²) in [5.74, 6) is 0. The molecule has 19 heavy (non-hydrogen) atoms. The van der Waals surface area contributed by atoms with Crippen molar-refractivity contribution >= 4 is 34.2 Å². The van der Waals surface area contributed by atoms with E-state index in [4.69, 9.17) is 33.0 Å². The van der Waals surface area contributed by atoms with Crippen LogP contribution < -0.4 is 0 Å². The van der Waals surface area contributed by atoms with Gasteiger partial charge in [-0.1, -0.05) is 23.2 Å². The first kappa shape index (κ1) is 13.1. The average Bonchev–Trinajstić information content (AvgIpc) is 2.92. The van der Waals surface area contributed by atoms with Gasteiger partial charge in [0.2, 0.25) is 0 Å². The third kappa shape index (κ3) is 2.19. The number of hydrogen-bond donors (Lipinski definition) is 2. The Morgan fingerprint density at radius 3 is 2.95 bits per heavy atom. The van der Waals surface area contributed by atoms with Crippen molar-refractivity contribution in [3.05, 3.63) is 22.7 Å². The van der Waals surface area contributed by atoms with E-state index in [2.05, 4.69) is 9.97 Å².